The van der Waals surface area contributed by atoms with Crippen molar-refractivity contribution in [2.24, 2.45) is 5.10 Å². The van der Waals surface area contributed by atoms with E-state index in [1.54, 1.807) is 7.11 Å². The van der Waals surface area contributed by atoms with Crippen molar-refractivity contribution in [3.8, 4) is 5.75 Å². The molecule has 0 aliphatic carbocycles. The van der Waals surface area contributed by atoms with E-state index in [4.69, 9.17) is 4.74 Å². The number of para-hydroxylation sites is 1. The summed E-state index contributed by atoms with van der Waals surface area (Å²) in [5.74, 6) is 0.565. The zero-order valence-electron chi connectivity index (χ0n) is 12.8. The van der Waals surface area contributed by atoms with Gasteiger partial charge in [0.1, 0.15) is 5.75 Å². The van der Waals surface area contributed by atoms with Crippen molar-refractivity contribution in [1.82, 2.24) is 0 Å². The average molecular weight is 371 g/mol. The minimum atomic E-state index is -0.143. The SMILES string of the molecule is COc1ccc(Br)cc1/C=C1/C(=O)N(c2ccccc2)N=C1C. The smallest absolute Gasteiger partial charge is 0.280 e. The fourth-order valence-corrected chi connectivity index (χ4v) is 2.78. The fourth-order valence-electron chi connectivity index (χ4n) is 2.40. The summed E-state index contributed by atoms with van der Waals surface area (Å²) in [5, 5.41) is 5.80. The summed E-state index contributed by atoms with van der Waals surface area (Å²) >= 11 is 3.44. The Bertz CT molecular complexity index is 813. The number of anilines is 1. The number of ether oxygens (including phenoxy) is 1. The third-order valence-electron chi connectivity index (χ3n) is 3.55. The molecule has 2 aromatic rings. The third kappa shape index (κ3) is 3.05. The van der Waals surface area contributed by atoms with E-state index in [1.807, 2.05) is 61.5 Å². The van der Waals surface area contributed by atoms with Crippen LogP contribution in [0.5, 0.6) is 5.75 Å². The highest BCUT2D eigenvalue weighted by Crippen LogP contribution is 2.29. The summed E-state index contributed by atoms with van der Waals surface area (Å²) < 4.78 is 6.28. The molecule has 0 radical (unpaired) electrons. The molecule has 116 valence electrons. The van der Waals surface area contributed by atoms with E-state index in [0.29, 0.717) is 17.0 Å². The van der Waals surface area contributed by atoms with Crippen LogP contribution in [0.1, 0.15) is 12.5 Å². The number of carbonyl (C=O) groups excluding carboxylic acids is 1. The van der Waals surface area contributed by atoms with Crippen LogP contribution in [-0.4, -0.2) is 18.7 Å². The van der Waals surface area contributed by atoms with Gasteiger partial charge in [0.25, 0.3) is 5.91 Å². The van der Waals surface area contributed by atoms with Crippen LogP contribution in [0.3, 0.4) is 0 Å². The van der Waals surface area contributed by atoms with Gasteiger partial charge >= 0.3 is 0 Å². The van der Waals surface area contributed by atoms with E-state index in [2.05, 4.69) is 21.0 Å². The van der Waals surface area contributed by atoms with Gasteiger partial charge in [-0.3, -0.25) is 4.79 Å². The molecule has 0 N–H and O–H groups in total. The Morgan fingerprint density at radius 2 is 1.91 bits per heavy atom. The van der Waals surface area contributed by atoms with Crippen molar-refractivity contribution in [3.05, 3.63) is 64.1 Å². The molecule has 2 aromatic carbocycles. The molecule has 1 heterocycles. The Hall–Kier alpha value is -2.40. The highest BCUT2D eigenvalue weighted by molar-refractivity contribution is 9.10. The lowest BCUT2D eigenvalue weighted by molar-refractivity contribution is -0.114. The van der Waals surface area contributed by atoms with Gasteiger partial charge < -0.3 is 4.74 Å². The second kappa shape index (κ2) is 6.38. The average Bonchev–Trinajstić information content (AvgIpc) is 2.84. The highest BCUT2D eigenvalue weighted by Gasteiger charge is 2.28. The second-order valence-corrected chi connectivity index (χ2v) is 6.00. The Kier molecular flexibility index (Phi) is 4.30. The molecular formula is C18H15BrN2O2. The molecule has 0 unspecified atom stereocenters. The van der Waals surface area contributed by atoms with Gasteiger partial charge in [-0.1, -0.05) is 34.1 Å². The molecular weight excluding hydrogens is 356 g/mol. The first-order chi connectivity index (χ1) is 11.1. The number of benzene rings is 2. The van der Waals surface area contributed by atoms with E-state index in [0.717, 1.165) is 15.7 Å². The third-order valence-corrected chi connectivity index (χ3v) is 4.05. The first-order valence-electron chi connectivity index (χ1n) is 7.10. The normalized spacial score (nSPS) is 16.0. The van der Waals surface area contributed by atoms with Crippen LogP contribution in [0.25, 0.3) is 6.08 Å². The van der Waals surface area contributed by atoms with Gasteiger partial charge in [-0.15, -0.1) is 0 Å². The molecule has 3 rings (SSSR count). The van der Waals surface area contributed by atoms with Crippen molar-refractivity contribution in [1.29, 1.82) is 0 Å². The number of amides is 1. The van der Waals surface area contributed by atoms with Crippen LogP contribution in [0.4, 0.5) is 5.69 Å². The zero-order chi connectivity index (χ0) is 16.4. The van der Waals surface area contributed by atoms with E-state index in [-0.39, 0.29) is 5.91 Å². The molecule has 1 aliphatic heterocycles. The lowest BCUT2D eigenvalue weighted by Crippen LogP contribution is -2.21. The van der Waals surface area contributed by atoms with Gasteiger partial charge in [0.15, 0.2) is 0 Å². The molecule has 0 aromatic heterocycles. The topological polar surface area (TPSA) is 41.9 Å². The Labute approximate surface area is 143 Å². The van der Waals surface area contributed by atoms with Crippen LogP contribution in [-0.2, 0) is 4.79 Å². The molecule has 1 aliphatic rings. The number of halogens is 1. The van der Waals surface area contributed by atoms with Crippen LogP contribution in [0.15, 0.2) is 63.7 Å². The first-order valence-corrected chi connectivity index (χ1v) is 7.90. The Morgan fingerprint density at radius 1 is 1.17 bits per heavy atom. The molecule has 23 heavy (non-hydrogen) atoms. The summed E-state index contributed by atoms with van der Waals surface area (Å²) in [6.45, 7) is 1.83. The standard InChI is InChI=1S/C18H15BrN2O2/c1-12-16(11-13-10-14(19)8-9-17(13)23-2)18(22)21(20-12)15-6-4-3-5-7-15/h3-11H,1-2H3/b16-11+. The molecule has 0 atom stereocenters. The first kappa shape index (κ1) is 15.5. The maximum Gasteiger partial charge on any atom is 0.280 e. The number of hydrogen-bond donors (Lipinski definition) is 0. The molecule has 1 amide bonds. The van der Waals surface area contributed by atoms with Crippen LogP contribution >= 0.6 is 15.9 Å². The predicted molar refractivity (Wildman–Crippen MR) is 95.7 cm³/mol. The minimum absolute atomic E-state index is 0.143. The van der Waals surface area contributed by atoms with Gasteiger partial charge in [0.2, 0.25) is 0 Å². The molecule has 0 saturated carbocycles. The number of carbonyl (C=O) groups is 1. The van der Waals surface area contributed by atoms with Gasteiger partial charge in [-0.05, 0) is 43.3 Å². The Balaban J connectivity index is 2.00. The lowest BCUT2D eigenvalue weighted by Gasteiger charge is -2.11. The highest BCUT2D eigenvalue weighted by atomic mass is 79.9. The molecule has 0 bridgehead atoms. The number of rotatable bonds is 3. The predicted octanol–water partition coefficient (Wildman–Crippen LogP) is 4.26. The van der Waals surface area contributed by atoms with Crippen molar-refractivity contribution >= 4 is 39.3 Å². The number of hydrogen-bond acceptors (Lipinski definition) is 3. The minimum Gasteiger partial charge on any atom is -0.496 e. The number of hydrazone groups is 1. The summed E-state index contributed by atoms with van der Waals surface area (Å²) in [5.41, 5.74) is 2.82. The molecule has 0 spiro atoms. The Morgan fingerprint density at radius 3 is 2.61 bits per heavy atom. The van der Waals surface area contributed by atoms with Crippen molar-refractivity contribution in [2.75, 3.05) is 12.1 Å². The second-order valence-electron chi connectivity index (χ2n) is 5.08. The van der Waals surface area contributed by atoms with Gasteiger partial charge in [0.05, 0.1) is 24.1 Å². The monoisotopic (exact) mass is 370 g/mol. The molecule has 4 nitrogen and oxygen atoms in total. The van der Waals surface area contributed by atoms with Gasteiger partial charge in [-0.2, -0.15) is 10.1 Å². The largest absolute Gasteiger partial charge is 0.496 e. The van der Waals surface area contributed by atoms with Gasteiger partial charge in [-0.25, -0.2) is 0 Å². The van der Waals surface area contributed by atoms with Gasteiger partial charge in [0, 0.05) is 10.0 Å². The summed E-state index contributed by atoms with van der Waals surface area (Å²) in [4.78, 5) is 12.7. The zero-order valence-corrected chi connectivity index (χ0v) is 14.4. The van der Waals surface area contributed by atoms with Crippen LogP contribution < -0.4 is 9.75 Å². The number of nitrogens with zero attached hydrogens (tertiary/aromatic N) is 2. The molecule has 0 saturated heterocycles. The van der Waals surface area contributed by atoms with E-state index in [1.165, 1.54) is 5.01 Å². The summed E-state index contributed by atoms with van der Waals surface area (Å²) in [6.07, 6.45) is 1.81. The lowest BCUT2D eigenvalue weighted by atomic mass is 10.1. The van der Waals surface area contributed by atoms with Crippen molar-refractivity contribution in [3.63, 3.8) is 0 Å². The quantitative estimate of drug-likeness (QED) is 0.757. The fraction of sp³-hybridized carbons (Fsp3) is 0.111. The van der Waals surface area contributed by atoms with Crippen LogP contribution in [0.2, 0.25) is 0 Å². The maximum atomic E-state index is 12.7. The van der Waals surface area contributed by atoms with Crippen molar-refractivity contribution < 1.29 is 9.53 Å². The van der Waals surface area contributed by atoms with Crippen LogP contribution in [0, 0.1) is 0 Å². The van der Waals surface area contributed by atoms with Crippen molar-refractivity contribution in [2.45, 2.75) is 6.92 Å². The summed E-state index contributed by atoms with van der Waals surface area (Å²) in [6, 6.07) is 15.1. The maximum absolute atomic E-state index is 12.7. The van der Waals surface area contributed by atoms with E-state index in [9.17, 15) is 4.79 Å². The van der Waals surface area contributed by atoms with E-state index >= 15 is 0 Å². The van der Waals surface area contributed by atoms with E-state index < -0.39 is 0 Å². The summed E-state index contributed by atoms with van der Waals surface area (Å²) in [7, 11) is 1.61. The molecule has 0 fully saturated rings. The number of methoxy groups -OCH3 is 1. The molecule has 5 heteroatoms.